The average molecular weight is 598 g/mol. The zero-order chi connectivity index (χ0) is 28.6. The summed E-state index contributed by atoms with van der Waals surface area (Å²) in [7, 11) is 3.71. The predicted molar refractivity (Wildman–Crippen MR) is 169 cm³/mol. The second-order valence-electron chi connectivity index (χ2n) is 9.81. The van der Waals surface area contributed by atoms with E-state index in [1.165, 1.54) is 0 Å². The van der Waals surface area contributed by atoms with Crippen molar-refractivity contribution in [2.45, 2.75) is 45.2 Å². The van der Waals surface area contributed by atoms with Crippen LogP contribution in [0.4, 0.5) is 35.0 Å². The van der Waals surface area contributed by atoms with Crippen LogP contribution >= 0.6 is 11.6 Å². The summed E-state index contributed by atoms with van der Waals surface area (Å²) in [6, 6.07) is 8.30. The number of ether oxygens (including phenoxy) is 2. The Morgan fingerprint density at radius 1 is 0.881 bits per heavy atom. The van der Waals surface area contributed by atoms with Crippen LogP contribution in [0.1, 0.15) is 33.1 Å². The molecule has 4 aromatic rings. The van der Waals surface area contributed by atoms with Crippen molar-refractivity contribution in [3.05, 3.63) is 41.7 Å². The normalized spacial score (nSPS) is 15.7. The molecule has 13 nitrogen and oxygen atoms in total. The molecule has 14 heteroatoms. The molecule has 0 saturated carbocycles. The highest BCUT2D eigenvalue weighted by Gasteiger charge is 2.17. The second kappa shape index (κ2) is 14.8. The number of rotatable bonds is 7. The Hall–Kier alpha value is -3.94. The molecule has 2 saturated heterocycles. The van der Waals surface area contributed by atoms with Gasteiger partial charge in [0, 0.05) is 52.6 Å². The van der Waals surface area contributed by atoms with E-state index in [1.54, 1.807) is 19.4 Å². The number of para-hydroxylation sites is 1. The standard InChI is InChI=1S/C17H19ClN6O.C10H17N5O.CH4/c1-24-15-14(22-17(24)21-13-5-3-2-4-12(13)18)10-19-16(23-15)20-11-6-8-25-9-7-11;1-12-9-8(11)6-13-10(15-9)14-7-2-4-16-5-3-7;/h2-5,10-11H,6-9H2,1H3,(H,21,22)(H,19,20,23);6-7H,2-5,11H2,1H3,(H2,12,13,14,15);1H4. The maximum absolute atomic E-state index is 6.21. The summed E-state index contributed by atoms with van der Waals surface area (Å²) in [6.07, 6.45) is 7.26. The highest BCUT2D eigenvalue weighted by atomic mass is 35.5. The number of aryl methyl sites for hydroxylation is 1. The number of anilines is 6. The SMILES string of the molecule is C.CNc1nc(NC2CCOCC2)ncc1N.Cn1c(Nc2ccccc2Cl)nc2cnc(NC3CCOCC3)nc21. The van der Waals surface area contributed by atoms with Crippen molar-refractivity contribution in [1.82, 2.24) is 29.5 Å². The van der Waals surface area contributed by atoms with E-state index in [0.29, 0.717) is 46.5 Å². The number of halogens is 1. The Morgan fingerprint density at radius 2 is 1.48 bits per heavy atom. The van der Waals surface area contributed by atoms with Gasteiger partial charge in [-0.05, 0) is 37.8 Å². The number of hydrogen-bond donors (Lipinski definition) is 5. The van der Waals surface area contributed by atoms with Crippen LogP contribution < -0.4 is 27.0 Å². The Labute approximate surface area is 251 Å². The van der Waals surface area contributed by atoms with Crippen LogP contribution in [0.3, 0.4) is 0 Å². The van der Waals surface area contributed by atoms with Crippen LogP contribution in [0.15, 0.2) is 36.7 Å². The van der Waals surface area contributed by atoms with Gasteiger partial charge in [-0.15, -0.1) is 0 Å². The van der Waals surface area contributed by atoms with Crippen molar-refractivity contribution in [2.24, 2.45) is 7.05 Å². The largest absolute Gasteiger partial charge is 0.394 e. The number of aromatic nitrogens is 6. The van der Waals surface area contributed by atoms with Crippen molar-refractivity contribution in [1.29, 1.82) is 0 Å². The highest BCUT2D eigenvalue weighted by Crippen LogP contribution is 2.26. The third-order valence-electron chi connectivity index (χ3n) is 6.90. The number of benzene rings is 1. The molecule has 0 atom stereocenters. The van der Waals surface area contributed by atoms with E-state index in [0.717, 1.165) is 69.0 Å². The molecule has 0 unspecified atom stereocenters. The molecule has 2 aliphatic rings. The summed E-state index contributed by atoms with van der Waals surface area (Å²) in [5.74, 6) is 2.56. The third-order valence-corrected chi connectivity index (χ3v) is 7.22. The Balaban J connectivity index is 0.000000207. The van der Waals surface area contributed by atoms with Crippen molar-refractivity contribution in [3.8, 4) is 0 Å². The molecule has 1 aromatic carbocycles. The van der Waals surface area contributed by atoms with Crippen LogP contribution in [0.2, 0.25) is 5.02 Å². The molecule has 0 bridgehead atoms. The molecule has 6 rings (SSSR count). The average Bonchev–Trinajstić information content (AvgIpc) is 3.31. The van der Waals surface area contributed by atoms with Crippen molar-refractivity contribution < 1.29 is 9.47 Å². The Kier molecular flexibility index (Phi) is 10.9. The molecular formula is C28H40ClN11O2. The first-order chi connectivity index (χ1) is 20.0. The number of hydrogen-bond acceptors (Lipinski definition) is 12. The number of nitrogen functional groups attached to an aromatic ring is 1. The van der Waals surface area contributed by atoms with E-state index in [9.17, 15) is 0 Å². The summed E-state index contributed by atoms with van der Waals surface area (Å²) < 4.78 is 12.6. The lowest BCUT2D eigenvalue weighted by Crippen LogP contribution is -2.28. The van der Waals surface area contributed by atoms with E-state index in [-0.39, 0.29) is 7.43 Å². The second-order valence-corrected chi connectivity index (χ2v) is 10.2. The monoisotopic (exact) mass is 597 g/mol. The van der Waals surface area contributed by atoms with E-state index in [2.05, 4.69) is 46.2 Å². The number of imidazole rings is 1. The number of nitrogens with two attached hydrogens (primary N) is 1. The molecule has 6 N–H and O–H groups in total. The van der Waals surface area contributed by atoms with Crippen LogP contribution in [0.5, 0.6) is 0 Å². The maximum Gasteiger partial charge on any atom is 0.224 e. The number of fused-ring (bicyclic) bond motifs is 1. The van der Waals surface area contributed by atoms with Crippen molar-refractivity contribution in [2.75, 3.05) is 60.5 Å². The molecule has 0 aliphatic carbocycles. The highest BCUT2D eigenvalue weighted by molar-refractivity contribution is 6.33. The van der Waals surface area contributed by atoms with E-state index in [1.807, 2.05) is 35.9 Å². The molecule has 2 fully saturated rings. The zero-order valence-corrected chi connectivity index (χ0v) is 24.0. The molecular weight excluding hydrogens is 558 g/mol. The lowest BCUT2D eigenvalue weighted by molar-refractivity contribution is 0.0902. The van der Waals surface area contributed by atoms with Gasteiger partial charge in [0.25, 0.3) is 0 Å². The zero-order valence-electron chi connectivity index (χ0n) is 23.2. The van der Waals surface area contributed by atoms with Crippen molar-refractivity contribution >= 4 is 57.8 Å². The quantitative estimate of drug-likeness (QED) is 0.200. The summed E-state index contributed by atoms with van der Waals surface area (Å²) in [5, 5.41) is 13.5. The van der Waals surface area contributed by atoms with Crippen LogP contribution in [-0.4, -0.2) is 75.0 Å². The van der Waals surface area contributed by atoms with E-state index >= 15 is 0 Å². The molecule has 226 valence electrons. The molecule has 42 heavy (non-hydrogen) atoms. The lowest BCUT2D eigenvalue weighted by Gasteiger charge is -2.23. The lowest BCUT2D eigenvalue weighted by atomic mass is 10.1. The molecule has 0 amide bonds. The van der Waals surface area contributed by atoms with Crippen LogP contribution in [0.25, 0.3) is 11.2 Å². The molecule has 2 aliphatic heterocycles. The molecule has 5 heterocycles. The number of nitrogens with one attached hydrogen (secondary N) is 4. The number of nitrogens with zero attached hydrogens (tertiary/aromatic N) is 6. The minimum Gasteiger partial charge on any atom is -0.394 e. The first-order valence-electron chi connectivity index (χ1n) is 13.7. The van der Waals surface area contributed by atoms with Gasteiger partial charge in [-0.3, -0.25) is 4.57 Å². The van der Waals surface area contributed by atoms with Gasteiger partial charge in [-0.25, -0.2) is 15.0 Å². The fraction of sp³-hybridized carbons (Fsp3) is 0.464. The van der Waals surface area contributed by atoms with Gasteiger partial charge in [0.2, 0.25) is 17.8 Å². The van der Waals surface area contributed by atoms with Gasteiger partial charge in [-0.2, -0.15) is 9.97 Å². The summed E-state index contributed by atoms with van der Waals surface area (Å²) in [6.45, 7) is 3.14. The summed E-state index contributed by atoms with van der Waals surface area (Å²) >= 11 is 6.21. The maximum atomic E-state index is 6.21. The summed E-state index contributed by atoms with van der Waals surface area (Å²) in [5.41, 5.74) is 8.55. The van der Waals surface area contributed by atoms with Gasteiger partial charge in [0.05, 0.1) is 28.8 Å². The van der Waals surface area contributed by atoms with Gasteiger partial charge >= 0.3 is 0 Å². The first kappa shape index (κ1) is 31.0. The van der Waals surface area contributed by atoms with Crippen molar-refractivity contribution in [3.63, 3.8) is 0 Å². The molecule has 0 radical (unpaired) electrons. The third kappa shape index (κ3) is 7.87. The summed E-state index contributed by atoms with van der Waals surface area (Å²) in [4.78, 5) is 22.0. The Bertz CT molecular complexity index is 1440. The predicted octanol–water partition coefficient (Wildman–Crippen LogP) is 4.68. The topological polar surface area (TPSA) is 162 Å². The first-order valence-corrected chi connectivity index (χ1v) is 14.1. The fourth-order valence-electron chi connectivity index (χ4n) is 4.56. The molecule has 0 spiro atoms. The minimum atomic E-state index is 0. The smallest absolute Gasteiger partial charge is 0.224 e. The fourth-order valence-corrected chi connectivity index (χ4v) is 4.74. The van der Waals surface area contributed by atoms with Crippen LogP contribution in [0, 0.1) is 0 Å². The van der Waals surface area contributed by atoms with Gasteiger partial charge < -0.3 is 36.5 Å². The van der Waals surface area contributed by atoms with Crippen LogP contribution in [-0.2, 0) is 16.5 Å². The van der Waals surface area contributed by atoms with E-state index < -0.39 is 0 Å². The van der Waals surface area contributed by atoms with Gasteiger partial charge in [0.1, 0.15) is 5.52 Å². The minimum absolute atomic E-state index is 0. The van der Waals surface area contributed by atoms with Gasteiger partial charge in [0.15, 0.2) is 11.5 Å². The molecule has 3 aromatic heterocycles. The Morgan fingerprint density at radius 3 is 2.10 bits per heavy atom. The van der Waals surface area contributed by atoms with Gasteiger partial charge in [-0.1, -0.05) is 31.2 Å². The van der Waals surface area contributed by atoms with E-state index in [4.69, 9.17) is 26.8 Å².